The van der Waals surface area contributed by atoms with Gasteiger partial charge >= 0.3 is 0 Å². The topological polar surface area (TPSA) is 64.5 Å². The molecule has 0 bridgehead atoms. The van der Waals surface area contributed by atoms with Crippen molar-refractivity contribution in [2.45, 2.75) is 25.9 Å². The number of anilines is 2. The molecule has 1 aliphatic heterocycles. The normalized spacial score (nSPS) is 12.4. The largest absolute Gasteiger partial charge is 0.494 e. The highest BCUT2D eigenvalue weighted by molar-refractivity contribution is 5.77. The van der Waals surface area contributed by atoms with Gasteiger partial charge in [0, 0.05) is 30.6 Å². The third-order valence-corrected chi connectivity index (χ3v) is 5.39. The van der Waals surface area contributed by atoms with Gasteiger partial charge in [0.2, 0.25) is 0 Å². The summed E-state index contributed by atoms with van der Waals surface area (Å²) in [4.78, 5) is 7.60. The van der Waals surface area contributed by atoms with Gasteiger partial charge in [-0.05, 0) is 41.6 Å². The number of fused-ring (bicyclic) bond motifs is 1. The molecule has 1 aliphatic rings. The van der Waals surface area contributed by atoms with E-state index in [2.05, 4.69) is 98.7 Å². The highest BCUT2D eigenvalue weighted by Crippen LogP contribution is 2.40. The van der Waals surface area contributed by atoms with E-state index in [4.69, 9.17) is 10.3 Å². The summed E-state index contributed by atoms with van der Waals surface area (Å²) in [7, 11) is 0. The molecule has 0 N–H and O–H groups in total. The second kappa shape index (κ2) is 10.4. The number of hydrogen-bond acceptors (Lipinski definition) is 4. The number of unbranched alkanes of at least 4 members (excludes halogenated alkanes) is 1. The molecule has 6 heteroatoms. The van der Waals surface area contributed by atoms with Gasteiger partial charge in [0.25, 0.3) is 0 Å². The van der Waals surface area contributed by atoms with Crippen LogP contribution in [0.1, 0.15) is 24.0 Å². The standard InChI is InChI=1S/C25H27N5O/c26-28-27-15-7-8-16-31-23-13-14-24-25(17-23)30(19-22-11-5-2-6-12-22)20-29(24)18-21-9-3-1-4-10-21/h1-6,9-14,17H,7-8,15-16,18-20H2. The Hall–Kier alpha value is -3.63. The lowest BCUT2D eigenvalue weighted by Crippen LogP contribution is -2.30. The lowest BCUT2D eigenvalue weighted by molar-refractivity contribution is 0.308. The summed E-state index contributed by atoms with van der Waals surface area (Å²) in [5.74, 6) is 0.877. The molecule has 0 fully saturated rings. The zero-order chi connectivity index (χ0) is 21.3. The molecule has 158 valence electrons. The fourth-order valence-corrected chi connectivity index (χ4v) is 3.87. The molecule has 0 saturated carbocycles. The van der Waals surface area contributed by atoms with Gasteiger partial charge in [0.1, 0.15) is 5.75 Å². The van der Waals surface area contributed by atoms with Crippen molar-refractivity contribution in [2.24, 2.45) is 5.11 Å². The first-order valence-electron chi connectivity index (χ1n) is 10.7. The first-order valence-corrected chi connectivity index (χ1v) is 10.7. The molecule has 3 aromatic rings. The molecule has 4 rings (SSSR count). The van der Waals surface area contributed by atoms with Crippen molar-refractivity contribution >= 4 is 11.4 Å². The minimum Gasteiger partial charge on any atom is -0.494 e. The van der Waals surface area contributed by atoms with E-state index in [-0.39, 0.29) is 0 Å². The Labute approximate surface area is 183 Å². The third-order valence-electron chi connectivity index (χ3n) is 5.39. The first kappa shape index (κ1) is 20.6. The molecule has 0 amide bonds. The van der Waals surface area contributed by atoms with Crippen LogP contribution in [0.3, 0.4) is 0 Å². The Morgan fingerprint density at radius 1 is 0.806 bits per heavy atom. The minimum absolute atomic E-state index is 0.517. The molecule has 0 aliphatic carbocycles. The maximum Gasteiger partial charge on any atom is 0.121 e. The maximum atomic E-state index is 8.35. The van der Waals surface area contributed by atoms with Crippen LogP contribution in [0.5, 0.6) is 5.75 Å². The maximum absolute atomic E-state index is 8.35. The summed E-state index contributed by atoms with van der Waals surface area (Å²) in [5.41, 5.74) is 13.4. The van der Waals surface area contributed by atoms with Gasteiger partial charge in [-0.1, -0.05) is 65.8 Å². The van der Waals surface area contributed by atoms with Gasteiger partial charge < -0.3 is 14.5 Å². The molecule has 0 radical (unpaired) electrons. The van der Waals surface area contributed by atoms with Crippen molar-refractivity contribution in [3.05, 3.63) is 100 Å². The van der Waals surface area contributed by atoms with Crippen LogP contribution in [-0.4, -0.2) is 19.8 Å². The quantitative estimate of drug-likeness (QED) is 0.173. The van der Waals surface area contributed by atoms with E-state index < -0.39 is 0 Å². The van der Waals surface area contributed by atoms with E-state index in [0.29, 0.717) is 13.2 Å². The van der Waals surface area contributed by atoms with E-state index >= 15 is 0 Å². The van der Waals surface area contributed by atoms with Crippen molar-refractivity contribution in [2.75, 3.05) is 29.6 Å². The van der Waals surface area contributed by atoms with E-state index in [1.807, 2.05) is 0 Å². The van der Waals surface area contributed by atoms with Crippen molar-refractivity contribution < 1.29 is 4.74 Å². The molecular weight excluding hydrogens is 386 g/mol. The Morgan fingerprint density at radius 2 is 1.45 bits per heavy atom. The SMILES string of the molecule is [N-]=[N+]=NCCCCOc1ccc2c(c1)N(Cc1ccccc1)CN2Cc1ccccc1. The van der Waals surface area contributed by atoms with E-state index in [1.54, 1.807) is 0 Å². The zero-order valence-electron chi connectivity index (χ0n) is 17.6. The monoisotopic (exact) mass is 413 g/mol. The minimum atomic E-state index is 0.517. The summed E-state index contributed by atoms with van der Waals surface area (Å²) in [6.07, 6.45) is 1.70. The van der Waals surface area contributed by atoms with Gasteiger partial charge in [-0.15, -0.1) is 0 Å². The molecule has 0 spiro atoms. The average molecular weight is 414 g/mol. The van der Waals surface area contributed by atoms with Gasteiger partial charge in [-0.3, -0.25) is 0 Å². The fourth-order valence-electron chi connectivity index (χ4n) is 3.87. The number of hydrogen-bond donors (Lipinski definition) is 0. The average Bonchev–Trinajstić information content (AvgIpc) is 3.14. The molecule has 6 nitrogen and oxygen atoms in total. The van der Waals surface area contributed by atoms with Crippen LogP contribution in [0, 0.1) is 0 Å². The summed E-state index contributed by atoms with van der Waals surface area (Å²) in [6, 6.07) is 27.5. The number of ether oxygens (including phenoxy) is 1. The second-order valence-electron chi connectivity index (χ2n) is 7.67. The summed E-state index contributed by atoms with van der Waals surface area (Å²) in [6.45, 7) is 3.71. The number of azide groups is 1. The van der Waals surface area contributed by atoms with Crippen molar-refractivity contribution in [3.63, 3.8) is 0 Å². The van der Waals surface area contributed by atoms with E-state index in [0.717, 1.165) is 38.3 Å². The smallest absolute Gasteiger partial charge is 0.121 e. The highest BCUT2D eigenvalue weighted by Gasteiger charge is 2.26. The van der Waals surface area contributed by atoms with Gasteiger partial charge in [0.15, 0.2) is 0 Å². The van der Waals surface area contributed by atoms with Crippen molar-refractivity contribution in [1.29, 1.82) is 0 Å². The van der Waals surface area contributed by atoms with Crippen LogP contribution >= 0.6 is 0 Å². The molecule has 0 aromatic heterocycles. The molecular formula is C25H27N5O. The Balaban J connectivity index is 1.49. The summed E-state index contributed by atoms with van der Waals surface area (Å²) >= 11 is 0. The van der Waals surface area contributed by atoms with Crippen LogP contribution in [0.15, 0.2) is 84.0 Å². The fraction of sp³-hybridized carbons (Fsp3) is 0.280. The van der Waals surface area contributed by atoms with Gasteiger partial charge in [-0.2, -0.15) is 0 Å². The lowest BCUT2D eigenvalue weighted by atomic mass is 10.2. The van der Waals surface area contributed by atoms with Gasteiger partial charge in [-0.25, -0.2) is 0 Å². The molecule has 0 atom stereocenters. The molecule has 1 heterocycles. The van der Waals surface area contributed by atoms with Crippen LogP contribution in [0.2, 0.25) is 0 Å². The Bertz CT molecular complexity index is 1020. The number of rotatable bonds is 10. The highest BCUT2D eigenvalue weighted by atomic mass is 16.5. The Morgan fingerprint density at radius 3 is 2.10 bits per heavy atom. The molecule has 3 aromatic carbocycles. The molecule has 31 heavy (non-hydrogen) atoms. The number of nitrogens with zero attached hydrogens (tertiary/aromatic N) is 5. The van der Waals surface area contributed by atoms with Crippen LogP contribution in [-0.2, 0) is 13.1 Å². The molecule has 0 saturated heterocycles. The summed E-state index contributed by atoms with van der Waals surface area (Å²) < 4.78 is 5.98. The predicted octanol–water partition coefficient (Wildman–Crippen LogP) is 6.14. The van der Waals surface area contributed by atoms with Crippen LogP contribution in [0.25, 0.3) is 10.4 Å². The van der Waals surface area contributed by atoms with Crippen LogP contribution in [0.4, 0.5) is 11.4 Å². The number of benzene rings is 3. The van der Waals surface area contributed by atoms with E-state index in [1.165, 1.54) is 22.5 Å². The first-order chi connectivity index (χ1) is 15.3. The second-order valence-corrected chi connectivity index (χ2v) is 7.67. The van der Waals surface area contributed by atoms with Crippen molar-refractivity contribution in [1.82, 2.24) is 0 Å². The Kier molecular flexibility index (Phi) is 6.93. The van der Waals surface area contributed by atoms with Crippen LogP contribution < -0.4 is 14.5 Å². The lowest BCUT2D eigenvalue weighted by Gasteiger charge is -2.22. The van der Waals surface area contributed by atoms with E-state index in [9.17, 15) is 0 Å². The molecule has 0 unspecified atom stereocenters. The van der Waals surface area contributed by atoms with Gasteiger partial charge in [0.05, 0.1) is 24.7 Å². The predicted molar refractivity (Wildman–Crippen MR) is 125 cm³/mol. The zero-order valence-corrected chi connectivity index (χ0v) is 17.6. The summed E-state index contributed by atoms with van der Waals surface area (Å²) in [5, 5.41) is 3.57. The van der Waals surface area contributed by atoms with Crippen molar-refractivity contribution in [3.8, 4) is 5.75 Å². The third kappa shape index (κ3) is 5.50.